The molecule has 1 heterocycles. The first-order valence-corrected chi connectivity index (χ1v) is 8.41. The first-order chi connectivity index (χ1) is 10.2. The molecule has 3 nitrogen and oxygen atoms in total. The topological polar surface area (TPSA) is 35.5 Å². The Kier molecular flexibility index (Phi) is 4.51. The van der Waals surface area contributed by atoms with Gasteiger partial charge in [-0.25, -0.2) is 0 Å². The molecule has 0 amide bonds. The summed E-state index contributed by atoms with van der Waals surface area (Å²) >= 11 is 0. The molecule has 1 aliphatic carbocycles. The van der Waals surface area contributed by atoms with Gasteiger partial charge in [-0.2, -0.15) is 0 Å². The minimum absolute atomic E-state index is 0.462. The third kappa shape index (κ3) is 3.09. The zero-order valence-electron chi connectivity index (χ0n) is 13.4. The maximum Gasteiger partial charge on any atom is 0.121 e. The Bertz CT molecular complexity index is 465. The van der Waals surface area contributed by atoms with E-state index in [-0.39, 0.29) is 0 Å². The van der Waals surface area contributed by atoms with Crippen molar-refractivity contribution in [2.75, 3.05) is 26.2 Å². The number of phenolic OH excluding ortho intramolecular Hbond substituents is 1. The molecule has 1 saturated carbocycles. The molecule has 0 aromatic heterocycles. The van der Waals surface area contributed by atoms with Crippen LogP contribution in [0.1, 0.15) is 48.4 Å². The summed E-state index contributed by atoms with van der Waals surface area (Å²) < 4.78 is 0. The number of benzene rings is 1. The highest BCUT2D eigenvalue weighted by molar-refractivity contribution is 5.43. The Balaban J connectivity index is 1.93. The highest BCUT2D eigenvalue weighted by Crippen LogP contribution is 2.41. The lowest BCUT2D eigenvalue weighted by atomic mass is 9.88. The quantitative estimate of drug-likeness (QED) is 0.897. The molecule has 3 heteroatoms. The molecule has 3 rings (SSSR count). The first kappa shape index (κ1) is 14.9. The van der Waals surface area contributed by atoms with E-state index in [0.717, 1.165) is 43.2 Å². The standard InChI is InChI=1S/C18H28N2O/c1-13-11-16(12-14(2)18(13)21)17(15-5-3-4-6-15)20-9-7-19-8-10-20/h11-12,15,17,19,21H,3-10H2,1-2H3/t17-/m0/s1. The van der Waals surface area contributed by atoms with Gasteiger partial charge < -0.3 is 10.4 Å². The van der Waals surface area contributed by atoms with Gasteiger partial charge in [-0.1, -0.05) is 25.0 Å². The lowest BCUT2D eigenvalue weighted by molar-refractivity contribution is 0.125. The number of nitrogens with one attached hydrogen (secondary N) is 1. The van der Waals surface area contributed by atoms with Crippen molar-refractivity contribution in [1.29, 1.82) is 0 Å². The van der Waals surface area contributed by atoms with Crippen LogP contribution in [-0.4, -0.2) is 36.2 Å². The monoisotopic (exact) mass is 288 g/mol. The first-order valence-electron chi connectivity index (χ1n) is 8.41. The van der Waals surface area contributed by atoms with E-state index in [1.807, 2.05) is 13.8 Å². The van der Waals surface area contributed by atoms with Crippen LogP contribution in [0.3, 0.4) is 0 Å². The molecule has 2 fully saturated rings. The molecule has 0 unspecified atom stereocenters. The van der Waals surface area contributed by atoms with Crippen LogP contribution in [-0.2, 0) is 0 Å². The molecule has 2 aliphatic rings. The number of phenols is 1. The Morgan fingerprint density at radius 2 is 1.67 bits per heavy atom. The molecule has 2 N–H and O–H groups in total. The normalized spacial score (nSPS) is 22.6. The van der Waals surface area contributed by atoms with E-state index in [9.17, 15) is 5.11 Å². The van der Waals surface area contributed by atoms with Crippen molar-refractivity contribution >= 4 is 0 Å². The lowest BCUT2D eigenvalue weighted by Crippen LogP contribution is -2.46. The van der Waals surface area contributed by atoms with Crippen molar-refractivity contribution in [3.8, 4) is 5.75 Å². The van der Waals surface area contributed by atoms with Crippen molar-refractivity contribution in [2.24, 2.45) is 5.92 Å². The second-order valence-corrected chi connectivity index (χ2v) is 6.78. The Morgan fingerprint density at radius 3 is 2.24 bits per heavy atom. The molecule has 0 bridgehead atoms. The molecule has 0 spiro atoms. The van der Waals surface area contributed by atoms with E-state index in [2.05, 4.69) is 22.3 Å². The maximum absolute atomic E-state index is 10.1. The van der Waals surface area contributed by atoms with Crippen molar-refractivity contribution in [3.05, 3.63) is 28.8 Å². The molecule has 116 valence electrons. The van der Waals surface area contributed by atoms with E-state index < -0.39 is 0 Å². The second kappa shape index (κ2) is 6.37. The van der Waals surface area contributed by atoms with Gasteiger partial charge in [0.2, 0.25) is 0 Å². The van der Waals surface area contributed by atoms with E-state index in [4.69, 9.17) is 0 Å². The predicted molar refractivity (Wildman–Crippen MR) is 86.7 cm³/mol. The van der Waals surface area contributed by atoms with Gasteiger partial charge in [0.25, 0.3) is 0 Å². The van der Waals surface area contributed by atoms with E-state index in [1.54, 1.807) is 0 Å². The molecule has 1 aliphatic heterocycles. The fourth-order valence-corrected chi connectivity index (χ4v) is 4.17. The van der Waals surface area contributed by atoms with E-state index in [1.165, 1.54) is 31.2 Å². The minimum atomic E-state index is 0.462. The third-order valence-electron chi connectivity index (χ3n) is 5.25. The molecule has 1 saturated heterocycles. The average Bonchev–Trinajstić information content (AvgIpc) is 3.00. The number of hydrogen-bond acceptors (Lipinski definition) is 3. The Labute approximate surface area is 128 Å². The van der Waals surface area contributed by atoms with Crippen LogP contribution in [0.15, 0.2) is 12.1 Å². The molecule has 1 atom stereocenters. The SMILES string of the molecule is Cc1cc([C@H](C2CCCC2)N2CCNCC2)cc(C)c1O. The minimum Gasteiger partial charge on any atom is -0.507 e. The lowest BCUT2D eigenvalue weighted by Gasteiger charge is -2.39. The van der Waals surface area contributed by atoms with Crippen molar-refractivity contribution < 1.29 is 5.11 Å². The van der Waals surface area contributed by atoms with Gasteiger partial charge >= 0.3 is 0 Å². The third-order valence-corrected chi connectivity index (χ3v) is 5.25. The molecule has 21 heavy (non-hydrogen) atoms. The van der Waals surface area contributed by atoms with Crippen LogP contribution in [0.25, 0.3) is 0 Å². The Hall–Kier alpha value is -1.06. The van der Waals surface area contributed by atoms with Crippen LogP contribution in [0.4, 0.5) is 0 Å². The van der Waals surface area contributed by atoms with Gasteiger partial charge in [-0.05, 0) is 49.3 Å². The van der Waals surface area contributed by atoms with Crippen LogP contribution < -0.4 is 5.32 Å². The van der Waals surface area contributed by atoms with Gasteiger partial charge in [0.1, 0.15) is 5.75 Å². The van der Waals surface area contributed by atoms with Crippen molar-refractivity contribution in [3.63, 3.8) is 0 Å². The fourth-order valence-electron chi connectivity index (χ4n) is 4.17. The summed E-state index contributed by atoms with van der Waals surface area (Å²) in [6.45, 7) is 8.52. The van der Waals surface area contributed by atoms with Gasteiger partial charge in [-0.3, -0.25) is 4.90 Å². The number of piperazine rings is 1. The number of hydrogen-bond donors (Lipinski definition) is 2. The number of aromatic hydroxyl groups is 1. The summed E-state index contributed by atoms with van der Waals surface area (Å²) in [5.74, 6) is 1.25. The van der Waals surface area contributed by atoms with E-state index in [0.29, 0.717) is 11.8 Å². The second-order valence-electron chi connectivity index (χ2n) is 6.78. The van der Waals surface area contributed by atoms with Crippen LogP contribution in [0.5, 0.6) is 5.75 Å². The predicted octanol–water partition coefficient (Wildman–Crippen LogP) is 3.15. The summed E-state index contributed by atoms with van der Waals surface area (Å²) in [7, 11) is 0. The summed E-state index contributed by atoms with van der Waals surface area (Å²) in [4.78, 5) is 2.66. The summed E-state index contributed by atoms with van der Waals surface area (Å²) in [6, 6.07) is 4.97. The van der Waals surface area contributed by atoms with Gasteiger partial charge in [0, 0.05) is 32.2 Å². The molecule has 1 aromatic rings. The molecular formula is C18H28N2O. The van der Waals surface area contributed by atoms with Crippen LogP contribution >= 0.6 is 0 Å². The van der Waals surface area contributed by atoms with Gasteiger partial charge in [-0.15, -0.1) is 0 Å². The van der Waals surface area contributed by atoms with Gasteiger partial charge in [0.15, 0.2) is 0 Å². The highest BCUT2D eigenvalue weighted by atomic mass is 16.3. The molecular weight excluding hydrogens is 260 g/mol. The summed E-state index contributed by atoms with van der Waals surface area (Å²) in [5.41, 5.74) is 3.45. The van der Waals surface area contributed by atoms with Gasteiger partial charge in [0.05, 0.1) is 0 Å². The zero-order chi connectivity index (χ0) is 14.8. The van der Waals surface area contributed by atoms with Crippen molar-refractivity contribution in [2.45, 2.75) is 45.6 Å². The highest BCUT2D eigenvalue weighted by Gasteiger charge is 2.32. The molecule has 1 aromatic carbocycles. The summed E-state index contributed by atoms with van der Waals surface area (Å²) in [5, 5.41) is 13.5. The van der Waals surface area contributed by atoms with E-state index >= 15 is 0 Å². The smallest absolute Gasteiger partial charge is 0.121 e. The number of rotatable bonds is 3. The number of nitrogens with zero attached hydrogens (tertiary/aromatic N) is 1. The van der Waals surface area contributed by atoms with Crippen molar-refractivity contribution in [1.82, 2.24) is 10.2 Å². The largest absolute Gasteiger partial charge is 0.507 e. The average molecular weight is 288 g/mol. The zero-order valence-corrected chi connectivity index (χ0v) is 13.4. The van der Waals surface area contributed by atoms with Crippen LogP contribution in [0, 0.1) is 19.8 Å². The number of aryl methyl sites for hydroxylation is 2. The maximum atomic E-state index is 10.1. The Morgan fingerprint density at radius 1 is 1.10 bits per heavy atom. The van der Waals surface area contributed by atoms with Crippen LogP contribution in [0.2, 0.25) is 0 Å². The summed E-state index contributed by atoms with van der Waals surface area (Å²) in [6.07, 6.45) is 5.47. The fraction of sp³-hybridized carbons (Fsp3) is 0.667. The molecule has 0 radical (unpaired) electrons.